The van der Waals surface area contributed by atoms with E-state index in [1.54, 1.807) is 38.3 Å². The number of fused-ring (bicyclic) bond motifs is 1. The normalized spacial score (nSPS) is 19.6. The summed E-state index contributed by atoms with van der Waals surface area (Å²) >= 11 is 1.47. The number of rotatable bonds is 3. The van der Waals surface area contributed by atoms with Crippen molar-refractivity contribution >= 4 is 33.5 Å². The maximum atomic E-state index is 12.8. The lowest BCUT2D eigenvalue weighted by atomic mass is 9.87. The molecule has 0 unspecified atom stereocenters. The van der Waals surface area contributed by atoms with Crippen LogP contribution in [-0.2, 0) is 4.79 Å². The van der Waals surface area contributed by atoms with Gasteiger partial charge in [0.05, 0.1) is 4.88 Å². The molecule has 0 atom stereocenters. The van der Waals surface area contributed by atoms with E-state index in [-0.39, 0.29) is 11.8 Å². The quantitative estimate of drug-likeness (QED) is 0.771. The zero-order valence-corrected chi connectivity index (χ0v) is 18.2. The van der Waals surface area contributed by atoms with Gasteiger partial charge in [-0.2, -0.15) is 0 Å². The molecule has 7 nitrogen and oxygen atoms in total. The summed E-state index contributed by atoms with van der Waals surface area (Å²) in [6.07, 6.45) is 7.60. The van der Waals surface area contributed by atoms with Crippen LogP contribution in [-0.4, -0.2) is 82.8 Å². The van der Waals surface area contributed by atoms with E-state index in [1.165, 1.54) is 11.3 Å². The van der Waals surface area contributed by atoms with E-state index in [4.69, 9.17) is 0 Å². The van der Waals surface area contributed by atoms with Gasteiger partial charge in [-0.05, 0) is 44.7 Å². The molecule has 0 radical (unpaired) electrons. The van der Waals surface area contributed by atoms with Gasteiger partial charge >= 0.3 is 0 Å². The molecule has 2 aliphatic heterocycles. The van der Waals surface area contributed by atoms with Crippen LogP contribution in [0, 0.1) is 0 Å². The molecule has 29 heavy (non-hydrogen) atoms. The monoisotopic (exact) mass is 415 g/mol. The van der Waals surface area contributed by atoms with Gasteiger partial charge in [0.15, 0.2) is 0 Å². The highest BCUT2D eigenvalue weighted by Gasteiger charge is 2.33. The average molecular weight is 416 g/mol. The molecule has 156 valence electrons. The zero-order valence-electron chi connectivity index (χ0n) is 17.4. The number of carbonyl (C=O) groups is 2. The van der Waals surface area contributed by atoms with Gasteiger partial charge in [0.1, 0.15) is 10.3 Å². The van der Waals surface area contributed by atoms with Crippen molar-refractivity contribution in [1.82, 2.24) is 24.7 Å². The number of aromatic nitrogens is 2. The number of hydrogen-bond acceptors (Lipinski definition) is 6. The highest BCUT2D eigenvalue weighted by molar-refractivity contribution is 7.20. The van der Waals surface area contributed by atoms with Crippen molar-refractivity contribution < 1.29 is 9.59 Å². The minimum atomic E-state index is 0.0452. The second-order valence-corrected chi connectivity index (χ2v) is 9.30. The molecule has 2 aromatic rings. The van der Waals surface area contributed by atoms with Crippen LogP contribution >= 0.6 is 11.3 Å². The van der Waals surface area contributed by atoms with Crippen molar-refractivity contribution in [2.24, 2.45) is 0 Å². The smallest absolute Gasteiger partial charge is 0.263 e. The van der Waals surface area contributed by atoms with Gasteiger partial charge in [0, 0.05) is 58.1 Å². The molecule has 0 aromatic carbocycles. The minimum Gasteiger partial charge on any atom is -0.344 e. The molecule has 8 heteroatoms. The highest BCUT2D eigenvalue weighted by Crippen LogP contribution is 2.40. The summed E-state index contributed by atoms with van der Waals surface area (Å²) < 4.78 is 0. The Morgan fingerprint density at radius 3 is 2.31 bits per heavy atom. The second kappa shape index (κ2) is 8.36. The Morgan fingerprint density at radius 1 is 1.03 bits per heavy atom. The maximum absolute atomic E-state index is 12.8. The Balaban J connectivity index is 1.49. The van der Waals surface area contributed by atoms with Crippen molar-refractivity contribution in [2.75, 3.05) is 40.3 Å². The van der Waals surface area contributed by atoms with Crippen LogP contribution in [0.2, 0.25) is 0 Å². The van der Waals surface area contributed by atoms with Gasteiger partial charge < -0.3 is 14.7 Å². The summed E-state index contributed by atoms with van der Waals surface area (Å²) in [5, 5.41) is 0. The Morgan fingerprint density at radius 2 is 1.69 bits per heavy atom. The molecule has 0 spiro atoms. The Kier molecular flexibility index (Phi) is 5.83. The third kappa shape index (κ3) is 4.00. The zero-order chi connectivity index (χ0) is 20.5. The first kappa shape index (κ1) is 20.2. The predicted octanol–water partition coefficient (Wildman–Crippen LogP) is 2.58. The SMILES string of the molecule is CC(=O)N1CCC(N2CCC(c3c(C(=O)N(C)C)sc4nccnc34)CC2)CC1. The van der Waals surface area contributed by atoms with Gasteiger partial charge in [0.25, 0.3) is 5.91 Å². The second-order valence-electron chi connectivity index (χ2n) is 8.30. The van der Waals surface area contributed by atoms with Crippen molar-refractivity contribution in [3.05, 3.63) is 22.8 Å². The van der Waals surface area contributed by atoms with E-state index in [2.05, 4.69) is 14.9 Å². The number of amides is 2. The molecule has 4 heterocycles. The lowest BCUT2D eigenvalue weighted by Gasteiger charge is -2.41. The van der Waals surface area contributed by atoms with Gasteiger partial charge in [-0.15, -0.1) is 11.3 Å². The summed E-state index contributed by atoms with van der Waals surface area (Å²) in [6.45, 7) is 5.45. The molecule has 4 rings (SSSR count). The van der Waals surface area contributed by atoms with E-state index in [0.717, 1.165) is 72.7 Å². The first-order chi connectivity index (χ1) is 14.0. The summed E-state index contributed by atoms with van der Waals surface area (Å²) in [7, 11) is 3.60. The average Bonchev–Trinajstić information content (AvgIpc) is 3.12. The fraction of sp³-hybridized carbons (Fsp3) is 0.619. The molecule has 2 saturated heterocycles. The van der Waals surface area contributed by atoms with Gasteiger partial charge in [-0.3, -0.25) is 14.6 Å². The number of piperidine rings is 2. The van der Waals surface area contributed by atoms with E-state index in [1.807, 2.05) is 4.90 Å². The van der Waals surface area contributed by atoms with Crippen LogP contribution in [0.1, 0.15) is 53.8 Å². The van der Waals surface area contributed by atoms with E-state index in [9.17, 15) is 9.59 Å². The minimum absolute atomic E-state index is 0.0452. The van der Waals surface area contributed by atoms with E-state index >= 15 is 0 Å². The van der Waals surface area contributed by atoms with Crippen molar-refractivity contribution in [3.8, 4) is 0 Å². The molecule has 0 N–H and O–H groups in total. The lowest BCUT2D eigenvalue weighted by Crippen LogP contribution is -2.48. The third-order valence-electron chi connectivity index (χ3n) is 6.33. The fourth-order valence-electron chi connectivity index (χ4n) is 4.68. The van der Waals surface area contributed by atoms with Crippen LogP contribution in [0.4, 0.5) is 0 Å². The number of hydrogen-bond donors (Lipinski definition) is 0. The summed E-state index contributed by atoms with van der Waals surface area (Å²) in [6, 6.07) is 0.563. The summed E-state index contributed by atoms with van der Waals surface area (Å²) in [5.41, 5.74) is 2.00. The van der Waals surface area contributed by atoms with Crippen LogP contribution < -0.4 is 0 Å². The summed E-state index contributed by atoms with van der Waals surface area (Å²) in [5.74, 6) is 0.572. The first-order valence-electron chi connectivity index (χ1n) is 10.4. The Bertz CT molecular complexity index is 896. The van der Waals surface area contributed by atoms with Crippen molar-refractivity contribution in [2.45, 2.75) is 44.6 Å². The maximum Gasteiger partial charge on any atom is 0.263 e. The highest BCUT2D eigenvalue weighted by atomic mass is 32.1. The number of carbonyl (C=O) groups excluding carboxylic acids is 2. The lowest BCUT2D eigenvalue weighted by molar-refractivity contribution is -0.130. The topological polar surface area (TPSA) is 69.6 Å². The van der Waals surface area contributed by atoms with Gasteiger partial charge in [-0.25, -0.2) is 4.98 Å². The molecule has 2 aromatic heterocycles. The Hall–Kier alpha value is -2.06. The van der Waals surface area contributed by atoms with Crippen molar-refractivity contribution in [3.63, 3.8) is 0 Å². The van der Waals surface area contributed by atoms with Crippen LogP contribution in [0.3, 0.4) is 0 Å². The largest absolute Gasteiger partial charge is 0.344 e. The molecule has 0 bridgehead atoms. The van der Waals surface area contributed by atoms with E-state index in [0.29, 0.717) is 12.0 Å². The molecule has 0 aliphatic carbocycles. The molecular weight excluding hydrogens is 386 g/mol. The molecule has 0 saturated carbocycles. The van der Waals surface area contributed by atoms with Crippen LogP contribution in [0.15, 0.2) is 12.4 Å². The molecule has 2 amide bonds. The standard InChI is InChI=1S/C21H29N5O2S/c1-14(27)25-12-6-16(7-13-25)26-10-4-15(5-11-26)17-18-20(23-9-8-22-18)29-19(17)21(28)24(2)3/h8-9,15-16H,4-7,10-13H2,1-3H3. The number of nitrogens with zero attached hydrogens (tertiary/aromatic N) is 5. The van der Waals surface area contributed by atoms with Crippen molar-refractivity contribution in [1.29, 1.82) is 0 Å². The third-order valence-corrected chi connectivity index (χ3v) is 7.42. The fourth-order valence-corrected chi connectivity index (χ4v) is 5.89. The number of likely N-dealkylation sites (tertiary alicyclic amines) is 2. The molecular formula is C21H29N5O2S. The van der Waals surface area contributed by atoms with Gasteiger partial charge in [-0.1, -0.05) is 0 Å². The first-order valence-corrected chi connectivity index (χ1v) is 11.2. The molecule has 2 fully saturated rings. The summed E-state index contributed by atoms with van der Waals surface area (Å²) in [4.78, 5) is 41.2. The van der Waals surface area contributed by atoms with Gasteiger partial charge in [0.2, 0.25) is 5.91 Å². The molecule has 2 aliphatic rings. The van der Waals surface area contributed by atoms with Crippen LogP contribution in [0.25, 0.3) is 10.3 Å². The Labute approximate surface area is 175 Å². The predicted molar refractivity (Wildman–Crippen MR) is 114 cm³/mol. The van der Waals surface area contributed by atoms with Crippen LogP contribution in [0.5, 0.6) is 0 Å². The number of thiophene rings is 1. The van der Waals surface area contributed by atoms with E-state index < -0.39 is 0 Å².